The lowest BCUT2D eigenvalue weighted by atomic mass is 9.90. The summed E-state index contributed by atoms with van der Waals surface area (Å²) in [5, 5.41) is 4.32. The number of carbonyl (C=O) groups is 1. The van der Waals surface area contributed by atoms with Crippen molar-refractivity contribution in [1.82, 2.24) is 10.3 Å². The number of H-pyrrole nitrogens is 1. The number of nitrogens with zero attached hydrogens (tertiary/aromatic N) is 1. The summed E-state index contributed by atoms with van der Waals surface area (Å²) in [5.41, 5.74) is 4.64. The summed E-state index contributed by atoms with van der Waals surface area (Å²) >= 11 is 0. The summed E-state index contributed by atoms with van der Waals surface area (Å²) in [4.78, 5) is 18.0. The monoisotopic (exact) mass is 377 g/mol. The minimum absolute atomic E-state index is 0.00717. The van der Waals surface area contributed by atoms with Crippen LogP contribution in [0.15, 0.2) is 54.7 Å². The second kappa shape index (κ2) is 8.07. The first-order valence-electron chi connectivity index (χ1n) is 9.86. The lowest BCUT2D eigenvalue weighted by molar-refractivity contribution is -0.130. The minimum atomic E-state index is -0.306. The molecule has 146 valence electrons. The van der Waals surface area contributed by atoms with Crippen LogP contribution in [0.3, 0.4) is 0 Å². The van der Waals surface area contributed by atoms with E-state index in [1.54, 1.807) is 0 Å². The molecule has 3 aromatic rings. The summed E-state index contributed by atoms with van der Waals surface area (Å²) in [7, 11) is 4.07. The van der Waals surface area contributed by atoms with Gasteiger partial charge in [-0.15, -0.1) is 0 Å². The fraction of sp³-hybridized carbons (Fsp3) is 0.348. The van der Waals surface area contributed by atoms with Gasteiger partial charge in [0, 0.05) is 56.0 Å². The normalized spacial score (nSPS) is 17.6. The molecular formula is C23H27N3O2. The van der Waals surface area contributed by atoms with E-state index in [1.807, 2.05) is 20.2 Å². The molecule has 2 N–H and O–H groups in total. The van der Waals surface area contributed by atoms with E-state index in [1.165, 1.54) is 16.5 Å². The second-order valence-electron chi connectivity index (χ2n) is 7.57. The average molecular weight is 377 g/mol. The molecule has 5 heteroatoms. The maximum atomic E-state index is 12.5. The second-order valence-corrected chi connectivity index (χ2v) is 7.57. The zero-order valence-electron chi connectivity index (χ0n) is 16.4. The van der Waals surface area contributed by atoms with Crippen molar-refractivity contribution in [2.24, 2.45) is 0 Å². The number of amides is 1. The van der Waals surface area contributed by atoms with Gasteiger partial charge >= 0.3 is 0 Å². The van der Waals surface area contributed by atoms with Gasteiger partial charge in [0.15, 0.2) is 0 Å². The van der Waals surface area contributed by atoms with E-state index in [9.17, 15) is 4.79 Å². The highest BCUT2D eigenvalue weighted by Gasteiger charge is 2.25. The number of ether oxygens (including phenoxy) is 1. The quantitative estimate of drug-likeness (QED) is 0.689. The number of fused-ring (bicyclic) bond motifs is 1. The molecule has 1 aromatic heterocycles. The predicted octanol–water partition coefficient (Wildman–Crippen LogP) is 3.66. The molecular weight excluding hydrogens is 350 g/mol. The van der Waals surface area contributed by atoms with Gasteiger partial charge in [-0.3, -0.25) is 4.79 Å². The molecule has 2 heterocycles. The molecule has 2 atom stereocenters. The van der Waals surface area contributed by atoms with Crippen molar-refractivity contribution in [2.45, 2.75) is 24.9 Å². The number of nitrogens with one attached hydrogen (secondary N) is 2. The molecule has 2 aromatic carbocycles. The molecule has 5 nitrogen and oxygen atoms in total. The predicted molar refractivity (Wildman–Crippen MR) is 113 cm³/mol. The van der Waals surface area contributed by atoms with Crippen LogP contribution in [0.1, 0.15) is 29.9 Å². The van der Waals surface area contributed by atoms with Gasteiger partial charge in [0.1, 0.15) is 6.10 Å². The topological polar surface area (TPSA) is 57.4 Å². The van der Waals surface area contributed by atoms with Crippen molar-refractivity contribution in [3.8, 4) is 0 Å². The number of benzene rings is 2. The van der Waals surface area contributed by atoms with E-state index in [-0.39, 0.29) is 17.9 Å². The molecule has 0 unspecified atom stereocenters. The Morgan fingerprint density at radius 3 is 2.71 bits per heavy atom. The van der Waals surface area contributed by atoms with Crippen molar-refractivity contribution in [3.05, 3.63) is 65.9 Å². The molecule has 1 aliphatic heterocycles. The van der Waals surface area contributed by atoms with Crippen LogP contribution < -0.4 is 10.2 Å². The van der Waals surface area contributed by atoms with Crippen LogP contribution >= 0.6 is 0 Å². The number of aromatic amines is 1. The maximum Gasteiger partial charge on any atom is 0.249 e. The Balaban J connectivity index is 1.63. The van der Waals surface area contributed by atoms with Gasteiger partial charge in [0.2, 0.25) is 5.91 Å². The summed E-state index contributed by atoms with van der Waals surface area (Å²) in [6.45, 7) is 1.22. The number of para-hydroxylation sites is 1. The molecule has 1 fully saturated rings. The first-order chi connectivity index (χ1) is 13.6. The van der Waals surface area contributed by atoms with Gasteiger partial charge in [-0.2, -0.15) is 0 Å². The third kappa shape index (κ3) is 3.76. The molecule has 0 radical (unpaired) electrons. The summed E-state index contributed by atoms with van der Waals surface area (Å²) < 4.78 is 5.53. The van der Waals surface area contributed by atoms with Crippen molar-refractivity contribution in [1.29, 1.82) is 0 Å². The Morgan fingerprint density at radius 1 is 1.21 bits per heavy atom. The highest BCUT2D eigenvalue weighted by Crippen LogP contribution is 2.31. The highest BCUT2D eigenvalue weighted by molar-refractivity contribution is 5.85. The van der Waals surface area contributed by atoms with Gasteiger partial charge in [-0.05, 0) is 42.2 Å². The number of hydrogen-bond acceptors (Lipinski definition) is 3. The Morgan fingerprint density at radius 2 is 2.00 bits per heavy atom. The van der Waals surface area contributed by atoms with Crippen molar-refractivity contribution >= 4 is 22.5 Å². The van der Waals surface area contributed by atoms with Gasteiger partial charge in [-0.1, -0.05) is 30.3 Å². The average Bonchev–Trinajstić information content (AvgIpc) is 3.39. The zero-order valence-corrected chi connectivity index (χ0v) is 16.4. The molecule has 0 aliphatic carbocycles. The molecule has 1 amide bonds. The molecule has 1 saturated heterocycles. The van der Waals surface area contributed by atoms with Crippen LogP contribution in [0.2, 0.25) is 0 Å². The lowest BCUT2D eigenvalue weighted by Crippen LogP contribution is -2.36. The fourth-order valence-corrected chi connectivity index (χ4v) is 3.90. The number of hydrogen-bond donors (Lipinski definition) is 2. The minimum Gasteiger partial charge on any atom is -0.378 e. The summed E-state index contributed by atoms with van der Waals surface area (Å²) in [6.07, 6.45) is 3.52. The molecule has 4 rings (SSSR count). The van der Waals surface area contributed by atoms with E-state index in [0.717, 1.165) is 24.0 Å². The molecule has 1 aliphatic rings. The Labute approximate surface area is 165 Å². The van der Waals surface area contributed by atoms with Crippen LogP contribution in [0, 0.1) is 0 Å². The maximum absolute atomic E-state index is 12.5. The largest absolute Gasteiger partial charge is 0.378 e. The van der Waals surface area contributed by atoms with Gasteiger partial charge in [-0.25, -0.2) is 0 Å². The third-order valence-corrected chi connectivity index (χ3v) is 5.51. The fourth-order valence-electron chi connectivity index (χ4n) is 3.90. The number of anilines is 1. The van der Waals surface area contributed by atoms with Crippen LogP contribution in [-0.2, 0) is 9.53 Å². The standard InChI is InChI=1S/C23H27N3O2/c1-26(2)17-11-9-16(10-12-17)19(14-25-23(27)22-8-5-13-28-22)20-15-24-21-7-4-3-6-18(20)21/h3-4,6-7,9-12,15,19,22,24H,5,8,13-14H2,1-2H3,(H,25,27)/t19-,22+/m1/s1. The Kier molecular flexibility index (Phi) is 5.35. The van der Waals surface area contributed by atoms with E-state index < -0.39 is 0 Å². The molecule has 0 saturated carbocycles. The van der Waals surface area contributed by atoms with E-state index in [0.29, 0.717) is 13.2 Å². The van der Waals surface area contributed by atoms with Crippen LogP contribution in [-0.4, -0.2) is 44.2 Å². The molecule has 28 heavy (non-hydrogen) atoms. The third-order valence-electron chi connectivity index (χ3n) is 5.51. The first kappa shape index (κ1) is 18.6. The smallest absolute Gasteiger partial charge is 0.249 e. The van der Waals surface area contributed by atoms with Crippen molar-refractivity contribution in [3.63, 3.8) is 0 Å². The molecule has 0 spiro atoms. The summed E-state index contributed by atoms with van der Waals surface area (Å²) in [5.74, 6) is 0.0602. The van der Waals surface area contributed by atoms with Crippen molar-refractivity contribution < 1.29 is 9.53 Å². The highest BCUT2D eigenvalue weighted by atomic mass is 16.5. The lowest BCUT2D eigenvalue weighted by Gasteiger charge is -2.21. The van der Waals surface area contributed by atoms with Crippen molar-refractivity contribution in [2.75, 3.05) is 32.1 Å². The number of rotatable bonds is 6. The molecule has 0 bridgehead atoms. The number of carbonyl (C=O) groups excluding carboxylic acids is 1. The van der Waals surface area contributed by atoms with Gasteiger partial charge in [0.05, 0.1) is 0 Å². The van der Waals surface area contributed by atoms with Crippen LogP contribution in [0.25, 0.3) is 10.9 Å². The van der Waals surface area contributed by atoms with Crippen LogP contribution in [0.4, 0.5) is 5.69 Å². The summed E-state index contributed by atoms with van der Waals surface area (Å²) in [6, 6.07) is 16.8. The Bertz CT molecular complexity index is 940. The van der Waals surface area contributed by atoms with Crippen LogP contribution in [0.5, 0.6) is 0 Å². The van der Waals surface area contributed by atoms with Gasteiger partial charge < -0.3 is 19.9 Å². The van der Waals surface area contributed by atoms with E-state index >= 15 is 0 Å². The van der Waals surface area contributed by atoms with E-state index in [2.05, 4.69) is 63.9 Å². The Hall–Kier alpha value is -2.79. The SMILES string of the molecule is CN(C)c1ccc([C@@H](CNC(=O)[C@@H]2CCCO2)c2c[nH]c3ccccc23)cc1. The number of aromatic nitrogens is 1. The van der Waals surface area contributed by atoms with E-state index in [4.69, 9.17) is 4.74 Å². The van der Waals surface area contributed by atoms with Gasteiger partial charge in [0.25, 0.3) is 0 Å². The first-order valence-corrected chi connectivity index (χ1v) is 9.86. The zero-order chi connectivity index (χ0) is 19.5.